The molecule has 134 valence electrons. The minimum Gasteiger partial charge on any atom is -0.487 e. The second-order valence-corrected chi connectivity index (χ2v) is 6.57. The minimum absolute atomic E-state index is 0.297. The summed E-state index contributed by atoms with van der Waals surface area (Å²) in [5.74, 6) is -0.203. The molecule has 0 aliphatic carbocycles. The van der Waals surface area contributed by atoms with E-state index in [-0.39, 0.29) is 5.91 Å². The molecule has 6 nitrogen and oxygen atoms in total. The monoisotopic (exact) mass is 362 g/mol. The number of hydrogen-bond donors (Lipinski definition) is 1. The summed E-state index contributed by atoms with van der Waals surface area (Å²) in [4.78, 5) is 28.1. The molecule has 0 fully saturated rings. The van der Waals surface area contributed by atoms with Gasteiger partial charge in [0.25, 0.3) is 5.91 Å². The highest BCUT2D eigenvalue weighted by Gasteiger charge is 2.18. The third-order valence-corrected chi connectivity index (χ3v) is 4.17. The summed E-state index contributed by atoms with van der Waals surface area (Å²) in [6.07, 6.45) is -0.00295. The average molecular weight is 362 g/mol. The normalized spacial score (nSPS) is 11.6. The van der Waals surface area contributed by atoms with Crippen molar-refractivity contribution in [2.75, 3.05) is 6.54 Å². The molecule has 2 rings (SSSR count). The number of esters is 1. The molecule has 1 aromatic carbocycles. The highest BCUT2D eigenvalue weighted by Crippen LogP contribution is 2.16. The summed E-state index contributed by atoms with van der Waals surface area (Å²) in [6.45, 7) is 6.39. The predicted octanol–water partition coefficient (Wildman–Crippen LogP) is 3.10. The topological polar surface area (TPSA) is 77.5 Å². The number of thiazole rings is 1. The summed E-state index contributed by atoms with van der Waals surface area (Å²) < 4.78 is 10.8. The number of aryl methyl sites for hydroxylation is 1. The quantitative estimate of drug-likeness (QED) is 0.730. The van der Waals surface area contributed by atoms with Crippen LogP contribution in [0.3, 0.4) is 0 Å². The molecule has 1 amide bonds. The van der Waals surface area contributed by atoms with Gasteiger partial charge in [0.15, 0.2) is 6.10 Å². The number of benzene rings is 1. The van der Waals surface area contributed by atoms with Crippen LogP contribution in [0.4, 0.5) is 0 Å². The molecule has 1 aromatic heterocycles. The van der Waals surface area contributed by atoms with Gasteiger partial charge in [-0.1, -0.05) is 6.92 Å². The third-order valence-electron chi connectivity index (χ3n) is 3.35. The van der Waals surface area contributed by atoms with Crippen LogP contribution in [0.25, 0.3) is 0 Å². The predicted molar refractivity (Wildman–Crippen MR) is 95.8 cm³/mol. The second kappa shape index (κ2) is 9.17. The van der Waals surface area contributed by atoms with Crippen molar-refractivity contribution in [3.8, 4) is 5.75 Å². The number of nitrogens with one attached hydrogen (secondary N) is 1. The molecule has 1 atom stereocenters. The smallest absolute Gasteiger partial charge is 0.338 e. The fourth-order valence-electron chi connectivity index (χ4n) is 1.99. The van der Waals surface area contributed by atoms with Crippen LogP contribution < -0.4 is 10.1 Å². The zero-order valence-electron chi connectivity index (χ0n) is 14.6. The van der Waals surface area contributed by atoms with Gasteiger partial charge in [0, 0.05) is 11.9 Å². The Hall–Kier alpha value is -2.41. The maximum atomic E-state index is 12.1. The molecule has 25 heavy (non-hydrogen) atoms. The van der Waals surface area contributed by atoms with Crippen LogP contribution in [0.15, 0.2) is 29.6 Å². The van der Waals surface area contributed by atoms with Gasteiger partial charge in [0.05, 0.1) is 16.3 Å². The van der Waals surface area contributed by atoms with Crippen LogP contribution >= 0.6 is 11.3 Å². The molecule has 0 aliphatic heterocycles. The highest BCUT2D eigenvalue weighted by molar-refractivity contribution is 7.09. The first kappa shape index (κ1) is 18.9. The molecule has 1 heterocycles. The van der Waals surface area contributed by atoms with E-state index in [2.05, 4.69) is 10.3 Å². The molecule has 1 N–H and O–H groups in total. The maximum absolute atomic E-state index is 12.1. The Morgan fingerprint density at radius 1 is 1.28 bits per heavy atom. The molecule has 0 radical (unpaired) electrons. The highest BCUT2D eigenvalue weighted by atomic mass is 32.1. The molecule has 2 aromatic rings. The van der Waals surface area contributed by atoms with Crippen LogP contribution in [-0.2, 0) is 16.1 Å². The Bertz CT molecular complexity index is 712. The van der Waals surface area contributed by atoms with Crippen LogP contribution in [0.1, 0.15) is 41.3 Å². The van der Waals surface area contributed by atoms with E-state index >= 15 is 0 Å². The van der Waals surface area contributed by atoms with Crippen molar-refractivity contribution in [1.82, 2.24) is 10.3 Å². The third kappa shape index (κ3) is 5.86. The Morgan fingerprint density at radius 3 is 2.60 bits per heavy atom. The fraction of sp³-hybridized carbons (Fsp3) is 0.389. The molecular formula is C18H22N2O4S. The van der Waals surface area contributed by atoms with Gasteiger partial charge in [-0.15, -0.1) is 11.3 Å². The molecule has 1 unspecified atom stereocenters. The van der Waals surface area contributed by atoms with Crippen molar-refractivity contribution in [2.45, 2.75) is 39.9 Å². The summed E-state index contributed by atoms with van der Waals surface area (Å²) in [5, 5.41) is 5.64. The molecular weight excluding hydrogens is 340 g/mol. The van der Waals surface area contributed by atoms with Gasteiger partial charge in [-0.05, 0) is 44.5 Å². The summed E-state index contributed by atoms with van der Waals surface area (Å²) in [6, 6.07) is 6.61. The zero-order chi connectivity index (χ0) is 18.2. The summed E-state index contributed by atoms with van der Waals surface area (Å²) >= 11 is 1.57. The lowest BCUT2D eigenvalue weighted by atomic mass is 10.2. The lowest BCUT2D eigenvalue weighted by Gasteiger charge is -2.13. The fourth-order valence-corrected chi connectivity index (χ4v) is 2.59. The molecule has 0 saturated heterocycles. The van der Waals surface area contributed by atoms with Crippen molar-refractivity contribution >= 4 is 23.2 Å². The number of ether oxygens (including phenoxy) is 2. The van der Waals surface area contributed by atoms with Crippen LogP contribution in [0.2, 0.25) is 0 Å². The lowest BCUT2D eigenvalue weighted by molar-refractivity contribution is -0.129. The van der Waals surface area contributed by atoms with Gasteiger partial charge < -0.3 is 14.8 Å². The van der Waals surface area contributed by atoms with E-state index in [1.807, 2.05) is 19.2 Å². The number of rotatable bonds is 8. The van der Waals surface area contributed by atoms with E-state index in [0.717, 1.165) is 17.1 Å². The van der Waals surface area contributed by atoms with Crippen molar-refractivity contribution in [2.24, 2.45) is 0 Å². The van der Waals surface area contributed by atoms with Gasteiger partial charge in [0.2, 0.25) is 0 Å². The summed E-state index contributed by atoms with van der Waals surface area (Å²) in [7, 11) is 0. The van der Waals surface area contributed by atoms with E-state index in [9.17, 15) is 9.59 Å². The molecule has 0 saturated carbocycles. The largest absolute Gasteiger partial charge is 0.487 e. The van der Waals surface area contributed by atoms with E-state index in [0.29, 0.717) is 24.5 Å². The Labute approximate surface area is 151 Å². The Balaban J connectivity index is 1.85. The molecule has 0 bridgehead atoms. The first-order valence-corrected chi connectivity index (χ1v) is 9.00. The van der Waals surface area contributed by atoms with Crippen LogP contribution in [-0.4, -0.2) is 29.5 Å². The van der Waals surface area contributed by atoms with E-state index in [1.54, 1.807) is 42.5 Å². The molecule has 7 heteroatoms. The number of hydrogen-bond acceptors (Lipinski definition) is 6. The number of amides is 1. The molecule has 0 aliphatic rings. The van der Waals surface area contributed by atoms with E-state index < -0.39 is 12.1 Å². The second-order valence-electron chi connectivity index (χ2n) is 5.51. The van der Waals surface area contributed by atoms with Crippen molar-refractivity contribution in [3.63, 3.8) is 0 Å². The SMILES string of the molecule is CCCNC(=O)C(C)OC(=O)c1ccc(OCc2csc(C)n2)cc1. The van der Waals surface area contributed by atoms with E-state index in [1.165, 1.54) is 0 Å². The van der Waals surface area contributed by atoms with Gasteiger partial charge in [-0.2, -0.15) is 0 Å². The van der Waals surface area contributed by atoms with Gasteiger partial charge in [0.1, 0.15) is 12.4 Å². The number of aromatic nitrogens is 1. The number of nitrogens with zero attached hydrogens (tertiary/aromatic N) is 1. The van der Waals surface area contributed by atoms with Crippen molar-refractivity contribution in [3.05, 3.63) is 45.9 Å². The molecule has 0 spiro atoms. The van der Waals surface area contributed by atoms with Crippen molar-refractivity contribution in [1.29, 1.82) is 0 Å². The minimum atomic E-state index is -0.831. The standard InChI is InChI=1S/C18H22N2O4S/c1-4-9-19-17(21)12(2)24-18(22)14-5-7-16(8-6-14)23-10-15-11-25-13(3)20-15/h5-8,11-12H,4,9-10H2,1-3H3,(H,19,21). The number of carbonyl (C=O) groups excluding carboxylic acids is 2. The first-order valence-electron chi connectivity index (χ1n) is 8.12. The Morgan fingerprint density at radius 2 is 2.00 bits per heavy atom. The maximum Gasteiger partial charge on any atom is 0.338 e. The summed E-state index contributed by atoms with van der Waals surface area (Å²) in [5.41, 5.74) is 1.24. The van der Waals surface area contributed by atoms with Gasteiger partial charge >= 0.3 is 5.97 Å². The van der Waals surface area contributed by atoms with Gasteiger partial charge in [-0.25, -0.2) is 9.78 Å². The number of carbonyl (C=O) groups is 2. The van der Waals surface area contributed by atoms with Gasteiger partial charge in [-0.3, -0.25) is 4.79 Å². The zero-order valence-corrected chi connectivity index (χ0v) is 15.4. The lowest BCUT2D eigenvalue weighted by Crippen LogP contribution is -2.36. The average Bonchev–Trinajstić information content (AvgIpc) is 3.03. The van der Waals surface area contributed by atoms with Crippen LogP contribution in [0, 0.1) is 6.92 Å². The first-order chi connectivity index (χ1) is 12.0. The Kier molecular flexibility index (Phi) is 6.94. The van der Waals surface area contributed by atoms with Crippen LogP contribution in [0.5, 0.6) is 5.75 Å². The van der Waals surface area contributed by atoms with E-state index in [4.69, 9.17) is 9.47 Å². The van der Waals surface area contributed by atoms with Crippen molar-refractivity contribution < 1.29 is 19.1 Å².